The predicted octanol–water partition coefficient (Wildman–Crippen LogP) is 2.22. The van der Waals surface area contributed by atoms with Gasteiger partial charge in [-0.15, -0.1) is 11.3 Å². The minimum atomic E-state index is -0.944. The molecule has 1 aliphatic heterocycles. The number of aliphatic carboxylic acids is 1. The second-order valence-electron chi connectivity index (χ2n) is 5.52. The molecular weight excluding hydrogens is 312 g/mol. The van der Waals surface area contributed by atoms with Gasteiger partial charge in [-0.3, -0.25) is 9.59 Å². The Bertz CT molecular complexity index is 699. The van der Waals surface area contributed by atoms with Crippen LogP contribution < -0.4 is 4.90 Å². The molecule has 0 bridgehead atoms. The third-order valence-electron chi connectivity index (χ3n) is 3.93. The van der Waals surface area contributed by atoms with E-state index in [9.17, 15) is 9.59 Å². The number of hydrogen-bond acceptors (Lipinski definition) is 4. The molecule has 1 aromatic carbocycles. The van der Waals surface area contributed by atoms with E-state index in [1.54, 1.807) is 16.2 Å². The number of fused-ring (bicyclic) bond motifs is 1. The topological polar surface area (TPSA) is 60.9 Å². The first-order valence-corrected chi connectivity index (χ1v) is 8.36. The maximum atomic E-state index is 12.6. The average molecular weight is 330 g/mol. The van der Waals surface area contributed by atoms with Crippen LogP contribution in [-0.4, -0.2) is 41.5 Å². The number of rotatable bonds is 5. The number of amides is 1. The number of benzene rings is 1. The summed E-state index contributed by atoms with van der Waals surface area (Å²) in [6.45, 7) is 1.21. The van der Waals surface area contributed by atoms with E-state index in [2.05, 4.69) is 11.4 Å². The van der Waals surface area contributed by atoms with Crippen molar-refractivity contribution in [3.63, 3.8) is 0 Å². The van der Waals surface area contributed by atoms with Crippen LogP contribution in [0.3, 0.4) is 0 Å². The summed E-state index contributed by atoms with van der Waals surface area (Å²) in [4.78, 5) is 28.5. The third-order valence-corrected chi connectivity index (χ3v) is 4.96. The van der Waals surface area contributed by atoms with Crippen LogP contribution in [0.5, 0.6) is 0 Å². The van der Waals surface area contributed by atoms with Gasteiger partial charge in [0.15, 0.2) is 0 Å². The minimum absolute atomic E-state index is 0.0352. The summed E-state index contributed by atoms with van der Waals surface area (Å²) in [5.74, 6) is -0.979. The first-order valence-electron chi connectivity index (χ1n) is 7.48. The quantitative estimate of drug-likeness (QED) is 0.913. The lowest BCUT2D eigenvalue weighted by atomic mass is 10.1. The third kappa shape index (κ3) is 3.71. The van der Waals surface area contributed by atoms with Crippen molar-refractivity contribution in [1.29, 1.82) is 0 Å². The van der Waals surface area contributed by atoms with Crippen molar-refractivity contribution in [2.45, 2.75) is 13.0 Å². The molecule has 0 atom stereocenters. The zero-order chi connectivity index (χ0) is 16.2. The van der Waals surface area contributed by atoms with Crippen molar-refractivity contribution in [1.82, 2.24) is 4.90 Å². The summed E-state index contributed by atoms with van der Waals surface area (Å²) < 4.78 is 0. The summed E-state index contributed by atoms with van der Waals surface area (Å²) in [7, 11) is 0. The van der Waals surface area contributed by atoms with Gasteiger partial charge < -0.3 is 14.9 Å². The largest absolute Gasteiger partial charge is 0.480 e. The first-order chi connectivity index (χ1) is 11.1. The van der Waals surface area contributed by atoms with Crippen molar-refractivity contribution < 1.29 is 14.7 Å². The Morgan fingerprint density at radius 1 is 1.17 bits per heavy atom. The van der Waals surface area contributed by atoms with E-state index in [1.807, 2.05) is 35.2 Å². The Morgan fingerprint density at radius 2 is 1.96 bits per heavy atom. The van der Waals surface area contributed by atoms with Crippen molar-refractivity contribution in [3.05, 3.63) is 52.2 Å². The molecule has 1 amide bonds. The van der Waals surface area contributed by atoms with Crippen LogP contribution in [0.4, 0.5) is 5.69 Å². The molecule has 0 fully saturated rings. The Balaban J connectivity index is 1.70. The fourth-order valence-electron chi connectivity index (χ4n) is 2.77. The second kappa shape index (κ2) is 6.83. The van der Waals surface area contributed by atoms with Gasteiger partial charge in [-0.2, -0.15) is 0 Å². The number of carbonyl (C=O) groups is 2. The van der Waals surface area contributed by atoms with Crippen LogP contribution >= 0.6 is 11.3 Å². The molecule has 120 valence electrons. The molecule has 0 saturated heterocycles. The van der Waals surface area contributed by atoms with Crippen molar-refractivity contribution in [3.8, 4) is 0 Å². The van der Waals surface area contributed by atoms with Crippen LogP contribution in [0, 0.1) is 0 Å². The number of nitrogens with zero attached hydrogens (tertiary/aromatic N) is 2. The molecule has 6 heteroatoms. The number of carboxylic acid groups (broad SMARTS) is 1. The van der Waals surface area contributed by atoms with Gasteiger partial charge in [-0.25, -0.2) is 0 Å². The number of para-hydroxylation sites is 1. The van der Waals surface area contributed by atoms with Gasteiger partial charge in [0.25, 0.3) is 0 Å². The first kappa shape index (κ1) is 15.6. The molecule has 1 aliphatic rings. The van der Waals surface area contributed by atoms with E-state index >= 15 is 0 Å². The van der Waals surface area contributed by atoms with Gasteiger partial charge in [-0.05, 0) is 35.6 Å². The maximum absolute atomic E-state index is 12.6. The molecule has 0 aliphatic carbocycles. The van der Waals surface area contributed by atoms with Crippen LogP contribution in [0.2, 0.25) is 0 Å². The van der Waals surface area contributed by atoms with Gasteiger partial charge in [0, 0.05) is 23.7 Å². The fourth-order valence-corrected chi connectivity index (χ4v) is 3.65. The van der Waals surface area contributed by atoms with E-state index in [4.69, 9.17) is 5.11 Å². The molecular formula is C17H18N2O3S. The summed E-state index contributed by atoms with van der Waals surface area (Å²) in [6.07, 6.45) is 0.878. The van der Waals surface area contributed by atoms with Crippen LogP contribution in [-0.2, 0) is 22.6 Å². The Hall–Kier alpha value is -2.34. The number of hydrogen-bond donors (Lipinski definition) is 1. The zero-order valence-electron chi connectivity index (χ0n) is 12.6. The Labute approximate surface area is 138 Å². The molecule has 0 spiro atoms. The van der Waals surface area contributed by atoms with Crippen LogP contribution in [0.15, 0.2) is 41.8 Å². The Morgan fingerprint density at radius 3 is 2.70 bits per heavy atom. The monoisotopic (exact) mass is 330 g/mol. The van der Waals surface area contributed by atoms with E-state index in [-0.39, 0.29) is 19.0 Å². The highest BCUT2D eigenvalue weighted by Crippen LogP contribution is 2.24. The SMILES string of the molecule is O=C(O)CN(CC(=O)N1CCc2sccc2C1)c1ccccc1. The number of thiophene rings is 1. The van der Waals surface area contributed by atoms with E-state index in [0.29, 0.717) is 13.1 Å². The lowest BCUT2D eigenvalue weighted by Crippen LogP contribution is -2.44. The summed E-state index contributed by atoms with van der Waals surface area (Å²) in [5, 5.41) is 11.2. The van der Waals surface area contributed by atoms with Gasteiger partial charge in [0.05, 0.1) is 6.54 Å². The second-order valence-corrected chi connectivity index (χ2v) is 6.52. The van der Waals surface area contributed by atoms with Gasteiger partial charge in [-0.1, -0.05) is 18.2 Å². The van der Waals surface area contributed by atoms with E-state index < -0.39 is 5.97 Å². The molecule has 23 heavy (non-hydrogen) atoms. The number of carboxylic acids is 1. The number of anilines is 1. The van der Waals surface area contributed by atoms with E-state index in [1.165, 1.54) is 10.4 Å². The van der Waals surface area contributed by atoms with Gasteiger partial charge >= 0.3 is 5.97 Å². The molecule has 3 rings (SSSR count). The van der Waals surface area contributed by atoms with Crippen molar-refractivity contribution >= 4 is 28.9 Å². The minimum Gasteiger partial charge on any atom is -0.480 e. The zero-order valence-corrected chi connectivity index (χ0v) is 13.5. The highest BCUT2D eigenvalue weighted by atomic mass is 32.1. The average Bonchev–Trinajstić information content (AvgIpc) is 3.02. The molecule has 2 heterocycles. The normalized spacial score (nSPS) is 13.5. The summed E-state index contributed by atoms with van der Waals surface area (Å²) >= 11 is 1.73. The smallest absolute Gasteiger partial charge is 0.323 e. The molecule has 1 N–H and O–H groups in total. The molecule has 2 aromatic rings. The lowest BCUT2D eigenvalue weighted by molar-refractivity contribution is -0.135. The Kier molecular flexibility index (Phi) is 4.62. The number of carbonyl (C=O) groups excluding carboxylic acids is 1. The lowest BCUT2D eigenvalue weighted by Gasteiger charge is -2.30. The molecule has 0 radical (unpaired) electrons. The molecule has 0 unspecified atom stereocenters. The molecule has 1 aromatic heterocycles. The van der Waals surface area contributed by atoms with Crippen LogP contribution in [0.25, 0.3) is 0 Å². The van der Waals surface area contributed by atoms with Crippen molar-refractivity contribution in [2.75, 3.05) is 24.5 Å². The summed E-state index contributed by atoms with van der Waals surface area (Å²) in [6, 6.07) is 11.3. The van der Waals surface area contributed by atoms with E-state index in [0.717, 1.165) is 12.1 Å². The maximum Gasteiger partial charge on any atom is 0.323 e. The summed E-state index contributed by atoms with van der Waals surface area (Å²) in [5.41, 5.74) is 1.95. The van der Waals surface area contributed by atoms with Crippen molar-refractivity contribution in [2.24, 2.45) is 0 Å². The standard InChI is InChI=1S/C17H18N2O3S/c20-16(18-8-6-15-13(10-18)7-9-23-15)11-19(12-17(21)22)14-4-2-1-3-5-14/h1-5,7,9H,6,8,10-12H2,(H,21,22). The van der Waals surface area contributed by atoms with Crippen LogP contribution in [0.1, 0.15) is 10.4 Å². The molecule has 0 saturated carbocycles. The highest BCUT2D eigenvalue weighted by molar-refractivity contribution is 7.10. The fraction of sp³-hybridized carbons (Fsp3) is 0.294. The predicted molar refractivity (Wildman–Crippen MR) is 89.7 cm³/mol. The van der Waals surface area contributed by atoms with Gasteiger partial charge in [0.2, 0.25) is 5.91 Å². The van der Waals surface area contributed by atoms with Gasteiger partial charge in [0.1, 0.15) is 6.54 Å². The molecule has 5 nitrogen and oxygen atoms in total. The highest BCUT2D eigenvalue weighted by Gasteiger charge is 2.24.